The molecule has 1 saturated carbocycles. The first-order valence-corrected chi connectivity index (χ1v) is 10.1. The van der Waals surface area contributed by atoms with E-state index in [0.717, 1.165) is 51.5 Å². The van der Waals surface area contributed by atoms with Gasteiger partial charge in [0, 0.05) is 46.5 Å². The molecule has 1 fully saturated rings. The van der Waals surface area contributed by atoms with E-state index in [0.29, 0.717) is 0 Å². The first-order chi connectivity index (χ1) is 14.3. The molecule has 29 heavy (non-hydrogen) atoms. The van der Waals surface area contributed by atoms with E-state index in [1.165, 1.54) is 12.8 Å². The molecular weight excluding hydrogens is 362 g/mol. The lowest BCUT2D eigenvalue weighted by molar-refractivity contribution is 0.403. The molecule has 3 aromatic rings. The van der Waals surface area contributed by atoms with Crippen LogP contribution in [0.25, 0.3) is 23.3 Å². The number of anilines is 3. The Balaban J connectivity index is 1.55. The van der Waals surface area contributed by atoms with Crippen LogP contribution in [0.2, 0.25) is 0 Å². The van der Waals surface area contributed by atoms with Crippen LogP contribution in [0.5, 0.6) is 0 Å². The Morgan fingerprint density at radius 1 is 1.03 bits per heavy atom. The van der Waals surface area contributed by atoms with Crippen LogP contribution in [0, 0.1) is 0 Å². The Kier molecular flexibility index (Phi) is 4.65. The average Bonchev–Trinajstić information content (AvgIpc) is 2.76. The molecular formula is C22H25N7. The summed E-state index contributed by atoms with van der Waals surface area (Å²) in [6.07, 6.45) is 10.2. The highest BCUT2D eigenvalue weighted by Gasteiger charge is 2.22. The van der Waals surface area contributed by atoms with E-state index in [1.54, 1.807) is 0 Å². The number of hydrogen-bond donors (Lipinski definition) is 5. The number of nitrogens with zero attached hydrogens (tertiary/aromatic N) is 2. The Bertz CT molecular complexity index is 1150. The summed E-state index contributed by atoms with van der Waals surface area (Å²) in [6.45, 7) is 0. The average molecular weight is 387 g/mol. The van der Waals surface area contributed by atoms with Crippen molar-refractivity contribution in [2.45, 2.75) is 37.8 Å². The van der Waals surface area contributed by atoms with E-state index in [4.69, 9.17) is 10.7 Å². The van der Waals surface area contributed by atoms with Gasteiger partial charge in [-0.15, -0.1) is 0 Å². The number of hydrazine groups is 1. The van der Waals surface area contributed by atoms with Gasteiger partial charge in [-0.3, -0.25) is 4.98 Å². The van der Waals surface area contributed by atoms with E-state index in [1.807, 2.05) is 36.8 Å². The number of nitrogens with one attached hydrogen (secondary N) is 4. The summed E-state index contributed by atoms with van der Waals surface area (Å²) < 4.78 is 0. The van der Waals surface area contributed by atoms with Gasteiger partial charge in [-0.05, 0) is 31.0 Å². The summed E-state index contributed by atoms with van der Waals surface area (Å²) in [5.74, 6) is 1.60. The van der Waals surface area contributed by atoms with Crippen molar-refractivity contribution >= 4 is 40.6 Å². The van der Waals surface area contributed by atoms with Crippen molar-refractivity contribution in [2.24, 2.45) is 5.73 Å². The minimum Gasteiger partial charge on any atom is -0.366 e. The zero-order valence-electron chi connectivity index (χ0n) is 16.2. The molecule has 0 amide bonds. The number of para-hydroxylation sites is 1. The molecule has 0 saturated heterocycles. The van der Waals surface area contributed by atoms with E-state index in [2.05, 4.69) is 44.7 Å². The zero-order chi connectivity index (χ0) is 19.6. The summed E-state index contributed by atoms with van der Waals surface area (Å²) in [5, 5.41) is 10.2. The molecule has 0 bridgehead atoms. The molecule has 7 heteroatoms. The van der Waals surface area contributed by atoms with Crippen molar-refractivity contribution in [2.75, 3.05) is 10.6 Å². The molecule has 2 atom stereocenters. The number of fused-ring (bicyclic) bond motifs is 2. The third-order valence-corrected chi connectivity index (χ3v) is 5.66. The SMILES string of the molecule is N[C@H]1CCCC[C@H]1Nc1cc2c(c(Nc3cccc4cccnc34)n1)=CNNC=2. The van der Waals surface area contributed by atoms with Crippen LogP contribution in [0.15, 0.2) is 42.6 Å². The first-order valence-electron chi connectivity index (χ1n) is 10.1. The van der Waals surface area contributed by atoms with Crippen LogP contribution in [-0.2, 0) is 0 Å². The summed E-state index contributed by atoms with van der Waals surface area (Å²) in [4.78, 5) is 9.44. The number of benzene rings is 1. The molecule has 5 rings (SSSR count). The first kappa shape index (κ1) is 17.8. The van der Waals surface area contributed by atoms with Crippen molar-refractivity contribution in [3.8, 4) is 0 Å². The smallest absolute Gasteiger partial charge is 0.142 e. The van der Waals surface area contributed by atoms with Crippen LogP contribution in [0.1, 0.15) is 25.7 Å². The van der Waals surface area contributed by atoms with E-state index in [-0.39, 0.29) is 12.1 Å². The number of nitrogens with two attached hydrogens (primary N) is 1. The molecule has 2 aliphatic rings. The van der Waals surface area contributed by atoms with Crippen LogP contribution in [0.4, 0.5) is 17.3 Å². The second-order valence-electron chi connectivity index (χ2n) is 7.64. The topological polar surface area (TPSA) is 99.9 Å². The molecule has 7 nitrogen and oxygen atoms in total. The van der Waals surface area contributed by atoms with Crippen molar-refractivity contribution < 1.29 is 0 Å². The van der Waals surface area contributed by atoms with Crippen molar-refractivity contribution in [1.82, 2.24) is 20.8 Å². The van der Waals surface area contributed by atoms with Crippen LogP contribution in [0.3, 0.4) is 0 Å². The van der Waals surface area contributed by atoms with Gasteiger partial charge < -0.3 is 27.2 Å². The fraction of sp³-hybridized carbons (Fsp3) is 0.273. The maximum absolute atomic E-state index is 6.34. The van der Waals surface area contributed by atoms with Gasteiger partial charge in [0.05, 0.1) is 11.2 Å². The normalized spacial score (nSPS) is 20.4. The monoisotopic (exact) mass is 387 g/mol. The van der Waals surface area contributed by atoms with Gasteiger partial charge in [-0.2, -0.15) is 0 Å². The van der Waals surface area contributed by atoms with Crippen LogP contribution < -0.4 is 37.7 Å². The number of rotatable bonds is 4. The molecule has 0 radical (unpaired) electrons. The van der Waals surface area contributed by atoms with Gasteiger partial charge in [0.1, 0.15) is 11.6 Å². The van der Waals surface area contributed by atoms with Gasteiger partial charge in [-0.25, -0.2) is 4.98 Å². The van der Waals surface area contributed by atoms with Gasteiger partial charge in [-0.1, -0.05) is 31.0 Å². The molecule has 2 aromatic heterocycles. The van der Waals surface area contributed by atoms with Crippen LogP contribution in [-0.4, -0.2) is 22.1 Å². The zero-order valence-corrected chi connectivity index (χ0v) is 16.2. The van der Waals surface area contributed by atoms with E-state index in [9.17, 15) is 0 Å². The van der Waals surface area contributed by atoms with Gasteiger partial charge in [0.25, 0.3) is 0 Å². The molecule has 0 unspecified atom stereocenters. The maximum atomic E-state index is 6.34. The molecule has 1 aromatic carbocycles. The van der Waals surface area contributed by atoms with Crippen molar-refractivity contribution in [3.05, 3.63) is 53.0 Å². The Morgan fingerprint density at radius 2 is 1.90 bits per heavy atom. The number of pyridine rings is 2. The second kappa shape index (κ2) is 7.60. The third-order valence-electron chi connectivity index (χ3n) is 5.66. The predicted molar refractivity (Wildman–Crippen MR) is 118 cm³/mol. The second-order valence-corrected chi connectivity index (χ2v) is 7.64. The van der Waals surface area contributed by atoms with Gasteiger partial charge >= 0.3 is 0 Å². The van der Waals surface area contributed by atoms with Gasteiger partial charge in [0.2, 0.25) is 0 Å². The van der Waals surface area contributed by atoms with Gasteiger partial charge in [0.15, 0.2) is 0 Å². The maximum Gasteiger partial charge on any atom is 0.142 e. The highest BCUT2D eigenvalue weighted by Crippen LogP contribution is 2.24. The summed E-state index contributed by atoms with van der Waals surface area (Å²) in [6, 6.07) is 12.6. The Labute approximate surface area is 169 Å². The lowest BCUT2D eigenvalue weighted by Crippen LogP contribution is -2.44. The van der Waals surface area contributed by atoms with E-state index < -0.39 is 0 Å². The molecule has 3 heterocycles. The fourth-order valence-corrected chi connectivity index (χ4v) is 4.11. The lowest BCUT2D eigenvalue weighted by Gasteiger charge is -2.30. The lowest BCUT2D eigenvalue weighted by atomic mass is 9.91. The molecule has 1 aliphatic carbocycles. The van der Waals surface area contributed by atoms with Crippen LogP contribution >= 0.6 is 0 Å². The minimum absolute atomic E-state index is 0.163. The Morgan fingerprint density at radius 3 is 2.83 bits per heavy atom. The van der Waals surface area contributed by atoms with Crippen molar-refractivity contribution in [3.63, 3.8) is 0 Å². The highest BCUT2D eigenvalue weighted by molar-refractivity contribution is 5.91. The molecule has 1 aliphatic heterocycles. The predicted octanol–water partition coefficient (Wildman–Crippen LogP) is 1.64. The van der Waals surface area contributed by atoms with E-state index >= 15 is 0 Å². The number of hydrogen-bond acceptors (Lipinski definition) is 7. The standard InChI is InChI=1S/C22H25N7/c23-17-7-1-2-8-18(17)27-20-11-15-12-25-26-13-16(15)22(29-20)28-19-9-3-5-14-6-4-10-24-21(14)19/h3-6,9-13,17-18,25-27H,1-2,7-8,23H2,(H,28,29)/t17-,18+/m0/s1. The minimum atomic E-state index is 0.163. The van der Waals surface area contributed by atoms with Crippen molar-refractivity contribution in [1.29, 1.82) is 0 Å². The Hall–Kier alpha value is -3.32. The summed E-state index contributed by atoms with van der Waals surface area (Å²) in [7, 11) is 0. The quantitative estimate of drug-likeness (QED) is 0.464. The highest BCUT2D eigenvalue weighted by atomic mass is 15.3. The molecule has 0 spiro atoms. The molecule has 148 valence electrons. The fourth-order valence-electron chi connectivity index (χ4n) is 4.11. The third kappa shape index (κ3) is 3.56. The summed E-state index contributed by atoms with van der Waals surface area (Å²) in [5.41, 5.74) is 14.3. The largest absolute Gasteiger partial charge is 0.366 e. The number of aromatic nitrogens is 2. The molecule has 6 N–H and O–H groups in total. The summed E-state index contributed by atoms with van der Waals surface area (Å²) >= 11 is 0.